The summed E-state index contributed by atoms with van der Waals surface area (Å²) in [5.74, 6) is 1.46. The summed E-state index contributed by atoms with van der Waals surface area (Å²) in [5.41, 5.74) is 9.43. The van der Waals surface area contributed by atoms with Crippen molar-refractivity contribution in [1.82, 2.24) is 4.98 Å². The molecule has 0 amide bonds. The molecule has 0 spiro atoms. The van der Waals surface area contributed by atoms with E-state index in [1.54, 1.807) is 20.3 Å². The third-order valence-electron chi connectivity index (χ3n) is 3.93. The first-order valence-corrected chi connectivity index (χ1v) is 7.66. The Balaban J connectivity index is 2.25. The van der Waals surface area contributed by atoms with E-state index in [4.69, 9.17) is 15.2 Å². The lowest BCUT2D eigenvalue weighted by Crippen LogP contribution is -2.00. The van der Waals surface area contributed by atoms with Crippen LogP contribution in [0.15, 0.2) is 54.6 Å². The molecule has 1 heterocycles. The van der Waals surface area contributed by atoms with E-state index in [9.17, 15) is 5.26 Å². The average molecular weight is 331 g/mol. The molecule has 0 atom stereocenters. The number of benzene rings is 2. The summed E-state index contributed by atoms with van der Waals surface area (Å²) in [6.07, 6.45) is 0. The Morgan fingerprint density at radius 2 is 1.72 bits per heavy atom. The summed E-state index contributed by atoms with van der Waals surface area (Å²) in [4.78, 5) is 4.38. The minimum Gasteiger partial charge on any atom is -0.497 e. The van der Waals surface area contributed by atoms with Crippen LogP contribution in [0.2, 0.25) is 0 Å². The highest BCUT2D eigenvalue weighted by Crippen LogP contribution is 2.38. The lowest BCUT2D eigenvalue weighted by Gasteiger charge is -2.14. The zero-order valence-corrected chi connectivity index (χ0v) is 14.0. The fourth-order valence-electron chi connectivity index (χ4n) is 2.67. The Morgan fingerprint density at radius 1 is 0.960 bits per heavy atom. The number of nitrogens with zero attached hydrogens (tertiary/aromatic N) is 2. The van der Waals surface area contributed by atoms with Gasteiger partial charge in [0.05, 0.1) is 19.9 Å². The summed E-state index contributed by atoms with van der Waals surface area (Å²) < 4.78 is 10.7. The minimum absolute atomic E-state index is 0.191. The monoisotopic (exact) mass is 331 g/mol. The van der Waals surface area contributed by atoms with Crippen molar-refractivity contribution in [2.24, 2.45) is 0 Å². The number of aromatic nitrogens is 1. The molecule has 1 aromatic heterocycles. The standard InChI is InChI=1S/C20H17N3O2/c1-24-14-8-9-15(19(10-14)25-2)16-11-18(13-6-4-3-5-7-13)23-20(22)17(16)12-21/h3-11H,1-2H3,(H2,22,23). The highest BCUT2D eigenvalue weighted by Gasteiger charge is 2.17. The van der Waals surface area contributed by atoms with Crippen molar-refractivity contribution in [3.8, 4) is 40.0 Å². The Labute approximate surface area is 146 Å². The van der Waals surface area contributed by atoms with Gasteiger partial charge in [0.1, 0.15) is 28.9 Å². The summed E-state index contributed by atoms with van der Waals surface area (Å²) in [6.45, 7) is 0. The van der Waals surface area contributed by atoms with E-state index < -0.39 is 0 Å². The molecule has 25 heavy (non-hydrogen) atoms. The molecule has 2 aromatic carbocycles. The van der Waals surface area contributed by atoms with Crippen molar-refractivity contribution in [2.75, 3.05) is 20.0 Å². The number of nitrogen functional groups attached to an aromatic ring is 1. The maximum Gasteiger partial charge on any atom is 0.142 e. The molecule has 3 aromatic rings. The van der Waals surface area contributed by atoms with Gasteiger partial charge in [-0.1, -0.05) is 30.3 Å². The van der Waals surface area contributed by atoms with E-state index in [-0.39, 0.29) is 5.82 Å². The summed E-state index contributed by atoms with van der Waals surface area (Å²) in [7, 11) is 3.17. The fraction of sp³-hybridized carbons (Fsp3) is 0.100. The second-order valence-corrected chi connectivity index (χ2v) is 5.36. The number of rotatable bonds is 4. The van der Waals surface area contributed by atoms with Crippen LogP contribution in [-0.2, 0) is 0 Å². The molecule has 0 saturated carbocycles. The van der Waals surface area contributed by atoms with Crippen LogP contribution < -0.4 is 15.2 Å². The van der Waals surface area contributed by atoms with Gasteiger partial charge in [0.15, 0.2) is 0 Å². The second-order valence-electron chi connectivity index (χ2n) is 5.36. The van der Waals surface area contributed by atoms with Crippen molar-refractivity contribution in [3.63, 3.8) is 0 Å². The molecule has 0 bridgehead atoms. The molecule has 0 aliphatic carbocycles. The minimum atomic E-state index is 0.191. The molecule has 2 N–H and O–H groups in total. The van der Waals surface area contributed by atoms with Gasteiger partial charge in [0.25, 0.3) is 0 Å². The van der Waals surface area contributed by atoms with Crippen LogP contribution >= 0.6 is 0 Å². The van der Waals surface area contributed by atoms with Gasteiger partial charge >= 0.3 is 0 Å². The number of nitrogens with two attached hydrogens (primary N) is 1. The quantitative estimate of drug-likeness (QED) is 0.784. The molecular formula is C20H17N3O2. The molecule has 0 unspecified atom stereocenters. The summed E-state index contributed by atoms with van der Waals surface area (Å²) >= 11 is 0. The summed E-state index contributed by atoms with van der Waals surface area (Å²) in [5, 5.41) is 9.55. The van der Waals surface area contributed by atoms with Crippen LogP contribution in [-0.4, -0.2) is 19.2 Å². The molecular weight excluding hydrogens is 314 g/mol. The van der Waals surface area contributed by atoms with Crippen LogP contribution in [0.25, 0.3) is 22.4 Å². The Hall–Kier alpha value is -3.52. The van der Waals surface area contributed by atoms with Gasteiger partial charge in [0.2, 0.25) is 0 Å². The normalized spacial score (nSPS) is 10.1. The van der Waals surface area contributed by atoms with Crippen LogP contribution in [0, 0.1) is 11.3 Å². The van der Waals surface area contributed by atoms with Gasteiger partial charge in [-0.05, 0) is 18.2 Å². The molecule has 5 heteroatoms. The van der Waals surface area contributed by atoms with Gasteiger partial charge in [0, 0.05) is 22.8 Å². The number of hydrogen-bond donors (Lipinski definition) is 1. The molecule has 0 radical (unpaired) electrons. The topological polar surface area (TPSA) is 81.2 Å². The van der Waals surface area contributed by atoms with E-state index in [0.29, 0.717) is 28.3 Å². The van der Waals surface area contributed by atoms with Crippen molar-refractivity contribution in [3.05, 3.63) is 60.2 Å². The van der Waals surface area contributed by atoms with Gasteiger partial charge in [-0.3, -0.25) is 0 Å². The van der Waals surface area contributed by atoms with Gasteiger partial charge in [-0.2, -0.15) is 5.26 Å². The third kappa shape index (κ3) is 3.10. The van der Waals surface area contributed by atoms with E-state index in [1.807, 2.05) is 48.5 Å². The van der Waals surface area contributed by atoms with Crippen LogP contribution in [0.3, 0.4) is 0 Å². The Bertz CT molecular complexity index is 947. The van der Waals surface area contributed by atoms with E-state index >= 15 is 0 Å². The SMILES string of the molecule is COc1ccc(-c2cc(-c3ccccc3)nc(N)c2C#N)c(OC)c1. The lowest BCUT2D eigenvalue weighted by atomic mass is 9.97. The number of ether oxygens (including phenoxy) is 2. The zero-order valence-electron chi connectivity index (χ0n) is 14.0. The van der Waals surface area contributed by atoms with Crippen molar-refractivity contribution in [1.29, 1.82) is 5.26 Å². The molecule has 0 saturated heterocycles. The molecule has 124 valence electrons. The number of pyridine rings is 1. The number of hydrogen-bond acceptors (Lipinski definition) is 5. The van der Waals surface area contributed by atoms with Gasteiger partial charge in [-0.25, -0.2) is 4.98 Å². The fourth-order valence-corrected chi connectivity index (χ4v) is 2.67. The predicted molar refractivity (Wildman–Crippen MR) is 97.3 cm³/mol. The zero-order chi connectivity index (χ0) is 17.8. The summed E-state index contributed by atoms with van der Waals surface area (Å²) in [6, 6.07) is 19.1. The van der Waals surface area contributed by atoms with Crippen LogP contribution in [0.4, 0.5) is 5.82 Å². The van der Waals surface area contributed by atoms with Crippen LogP contribution in [0.1, 0.15) is 5.56 Å². The first-order valence-electron chi connectivity index (χ1n) is 7.66. The lowest BCUT2D eigenvalue weighted by molar-refractivity contribution is 0.395. The highest BCUT2D eigenvalue weighted by atomic mass is 16.5. The number of anilines is 1. The van der Waals surface area contributed by atoms with Crippen molar-refractivity contribution in [2.45, 2.75) is 0 Å². The van der Waals surface area contributed by atoms with E-state index in [2.05, 4.69) is 11.1 Å². The van der Waals surface area contributed by atoms with E-state index in [1.165, 1.54) is 0 Å². The van der Waals surface area contributed by atoms with Gasteiger partial charge < -0.3 is 15.2 Å². The first-order chi connectivity index (χ1) is 12.2. The maximum absolute atomic E-state index is 9.55. The maximum atomic E-state index is 9.55. The number of methoxy groups -OCH3 is 2. The van der Waals surface area contributed by atoms with Crippen LogP contribution in [0.5, 0.6) is 11.5 Å². The van der Waals surface area contributed by atoms with Gasteiger partial charge in [-0.15, -0.1) is 0 Å². The molecule has 0 aliphatic rings. The second kappa shape index (κ2) is 6.93. The largest absolute Gasteiger partial charge is 0.497 e. The smallest absolute Gasteiger partial charge is 0.142 e. The van der Waals surface area contributed by atoms with Crippen molar-refractivity contribution >= 4 is 5.82 Å². The van der Waals surface area contributed by atoms with E-state index in [0.717, 1.165) is 11.1 Å². The Kier molecular flexibility index (Phi) is 4.53. The third-order valence-corrected chi connectivity index (χ3v) is 3.93. The molecule has 3 rings (SSSR count). The molecule has 0 aliphatic heterocycles. The molecule has 0 fully saturated rings. The number of nitriles is 1. The first kappa shape index (κ1) is 16.3. The predicted octanol–water partition coefficient (Wildman–Crippen LogP) is 3.89. The highest BCUT2D eigenvalue weighted by molar-refractivity contribution is 5.83. The Morgan fingerprint density at radius 3 is 2.36 bits per heavy atom. The average Bonchev–Trinajstić information content (AvgIpc) is 2.67. The molecule has 5 nitrogen and oxygen atoms in total. The van der Waals surface area contributed by atoms with Crippen molar-refractivity contribution < 1.29 is 9.47 Å².